The highest BCUT2D eigenvalue weighted by molar-refractivity contribution is 5.90. The van der Waals surface area contributed by atoms with Crippen LogP contribution in [0.3, 0.4) is 0 Å². The summed E-state index contributed by atoms with van der Waals surface area (Å²) in [5.74, 6) is -0.232. The summed E-state index contributed by atoms with van der Waals surface area (Å²) < 4.78 is 5.08. The predicted octanol–water partition coefficient (Wildman–Crippen LogP) is 0.444. The van der Waals surface area contributed by atoms with Crippen molar-refractivity contribution in [3.63, 3.8) is 0 Å². The summed E-state index contributed by atoms with van der Waals surface area (Å²) in [4.78, 5) is 11.4. The minimum atomic E-state index is -0.423. The molecule has 1 atom stereocenters. The largest absolute Gasteiger partial charge is 0.409 e. The molecule has 94 valence electrons. The number of amides is 1. The maximum atomic E-state index is 11.4. The van der Waals surface area contributed by atoms with Gasteiger partial charge in [0.2, 0.25) is 5.91 Å². The van der Waals surface area contributed by atoms with Gasteiger partial charge in [-0.3, -0.25) is 4.79 Å². The molecular formula is C10H21N3O3. The average molecular weight is 231 g/mol. The van der Waals surface area contributed by atoms with Crippen molar-refractivity contribution < 1.29 is 14.7 Å². The summed E-state index contributed by atoms with van der Waals surface area (Å²) in [6.45, 7) is 4.48. The van der Waals surface area contributed by atoms with Crippen molar-refractivity contribution in [2.45, 2.75) is 39.2 Å². The van der Waals surface area contributed by atoms with E-state index in [-0.39, 0.29) is 18.3 Å². The van der Waals surface area contributed by atoms with E-state index in [9.17, 15) is 4.79 Å². The third-order valence-electron chi connectivity index (χ3n) is 1.97. The first kappa shape index (κ1) is 14.7. The standard InChI is InChI=1S/C10H21N3O3/c1-3-5-8(10(11)13-15)12-9(14)7-16-6-4-2/h8,15H,3-7H2,1-2H3,(H2,11,13)(H,12,14). The predicted molar refractivity (Wildman–Crippen MR) is 61.4 cm³/mol. The van der Waals surface area contributed by atoms with E-state index in [4.69, 9.17) is 15.7 Å². The molecule has 1 unspecified atom stereocenters. The fraction of sp³-hybridized carbons (Fsp3) is 0.800. The second-order valence-corrected chi connectivity index (χ2v) is 3.49. The van der Waals surface area contributed by atoms with E-state index in [2.05, 4.69) is 10.5 Å². The Kier molecular flexibility index (Phi) is 8.24. The lowest BCUT2D eigenvalue weighted by Crippen LogP contribution is -2.45. The summed E-state index contributed by atoms with van der Waals surface area (Å²) in [7, 11) is 0. The maximum absolute atomic E-state index is 11.4. The van der Waals surface area contributed by atoms with Crippen LogP contribution in [0.4, 0.5) is 0 Å². The summed E-state index contributed by atoms with van der Waals surface area (Å²) in [5.41, 5.74) is 5.45. The van der Waals surface area contributed by atoms with Gasteiger partial charge in [0.1, 0.15) is 6.61 Å². The summed E-state index contributed by atoms with van der Waals surface area (Å²) >= 11 is 0. The van der Waals surface area contributed by atoms with Crippen LogP contribution in [0, 0.1) is 0 Å². The van der Waals surface area contributed by atoms with E-state index in [0.29, 0.717) is 13.0 Å². The molecule has 6 nitrogen and oxygen atoms in total. The molecule has 6 heteroatoms. The zero-order chi connectivity index (χ0) is 12.4. The highest BCUT2D eigenvalue weighted by Gasteiger charge is 2.15. The van der Waals surface area contributed by atoms with Gasteiger partial charge in [0.05, 0.1) is 6.04 Å². The number of nitrogens with zero attached hydrogens (tertiary/aromatic N) is 1. The number of hydrogen-bond acceptors (Lipinski definition) is 4. The van der Waals surface area contributed by atoms with Gasteiger partial charge in [-0.25, -0.2) is 0 Å². The summed E-state index contributed by atoms with van der Waals surface area (Å²) in [6, 6.07) is -0.423. The van der Waals surface area contributed by atoms with Crippen LogP contribution < -0.4 is 11.1 Å². The Morgan fingerprint density at radius 1 is 1.50 bits per heavy atom. The molecule has 0 spiro atoms. The minimum absolute atomic E-state index is 0.00671. The second kappa shape index (κ2) is 8.96. The van der Waals surface area contributed by atoms with Gasteiger partial charge in [-0.1, -0.05) is 25.4 Å². The van der Waals surface area contributed by atoms with Crippen LogP contribution in [-0.4, -0.2) is 36.2 Å². The molecule has 0 radical (unpaired) electrons. The third-order valence-corrected chi connectivity index (χ3v) is 1.97. The molecule has 0 saturated heterocycles. The molecule has 0 fully saturated rings. The molecule has 0 aliphatic carbocycles. The molecule has 0 saturated carbocycles. The molecule has 4 N–H and O–H groups in total. The fourth-order valence-corrected chi connectivity index (χ4v) is 1.20. The van der Waals surface area contributed by atoms with Crippen LogP contribution in [0.5, 0.6) is 0 Å². The average Bonchev–Trinajstić information content (AvgIpc) is 2.28. The first-order valence-electron chi connectivity index (χ1n) is 5.50. The van der Waals surface area contributed by atoms with Crippen LogP contribution in [0.25, 0.3) is 0 Å². The van der Waals surface area contributed by atoms with E-state index >= 15 is 0 Å². The van der Waals surface area contributed by atoms with Crippen molar-refractivity contribution in [1.29, 1.82) is 0 Å². The zero-order valence-corrected chi connectivity index (χ0v) is 9.90. The van der Waals surface area contributed by atoms with Crippen molar-refractivity contribution in [3.8, 4) is 0 Å². The lowest BCUT2D eigenvalue weighted by Gasteiger charge is -2.16. The third kappa shape index (κ3) is 6.23. The van der Waals surface area contributed by atoms with Crippen LogP contribution in [0.1, 0.15) is 33.1 Å². The van der Waals surface area contributed by atoms with Gasteiger partial charge in [-0.2, -0.15) is 0 Å². The SMILES string of the molecule is CCCOCC(=O)NC(CCC)C(N)=NO. The van der Waals surface area contributed by atoms with Crippen molar-refractivity contribution in [2.75, 3.05) is 13.2 Å². The first-order valence-corrected chi connectivity index (χ1v) is 5.50. The van der Waals surface area contributed by atoms with Crippen LogP contribution in [-0.2, 0) is 9.53 Å². The van der Waals surface area contributed by atoms with E-state index in [1.54, 1.807) is 0 Å². The normalized spacial score (nSPS) is 13.5. The number of hydrogen-bond donors (Lipinski definition) is 3. The van der Waals surface area contributed by atoms with Gasteiger partial charge in [0.25, 0.3) is 0 Å². The quantitative estimate of drug-likeness (QED) is 0.186. The molecule has 0 heterocycles. The maximum Gasteiger partial charge on any atom is 0.246 e. The molecular weight excluding hydrogens is 210 g/mol. The minimum Gasteiger partial charge on any atom is -0.409 e. The Bertz CT molecular complexity index is 231. The molecule has 0 aromatic rings. The van der Waals surface area contributed by atoms with Crippen LogP contribution >= 0.6 is 0 Å². The van der Waals surface area contributed by atoms with Crippen molar-refractivity contribution in [1.82, 2.24) is 5.32 Å². The smallest absolute Gasteiger partial charge is 0.246 e. The van der Waals surface area contributed by atoms with Crippen molar-refractivity contribution in [3.05, 3.63) is 0 Å². The topological polar surface area (TPSA) is 96.9 Å². The number of ether oxygens (including phenoxy) is 1. The highest BCUT2D eigenvalue weighted by atomic mass is 16.5. The number of nitrogens with one attached hydrogen (secondary N) is 1. The number of nitrogens with two attached hydrogens (primary N) is 1. The Balaban J connectivity index is 4.03. The van der Waals surface area contributed by atoms with Gasteiger partial charge < -0.3 is 21.0 Å². The molecule has 0 aliphatic rings. The second-order valence-electron chi connectivity index (χ2n) is 3.49. The molecule has 0 aromatic carbocycles. The Morgan fingerprint density at radius 3 is 2.69 bits per heavy atom. The van der Waals surface area contributed by atoms with Gasteiger partial charge in [0.15, 0.2) is 5.84 Å². The lowest BCUT2D eigenvalue weighted by molar-refractivity contribution is -0.126. The van der Waals surface area contributed by atoms with Crippen molar-refractivity contribution >= 4 is 11.7 Å². The van der Waals surface area contributed by atoms with Crippen LogP contribution in [0.15, 0.2) is 5.16 Å². The number of rotatable bonds is 8. The molecule has 0 aromatic heterocycles. The molecule has 16 heavy (non-hydrogen) atoms. The first-order chi connectivity index (χ1) is 7.65. The van der Waals surface area contributed by atoms with Gasteiger partial charge >= 0.3 is 0 Å². The molecule has 1 amide bonds. The number of carbonyl (C=O) groups is 1. The Morgan fingerprint density at radius 2 is 2.19 bits per heavy atom. The Hall–Kier alpha value is -1.30. The van der Waals surface area contributed by atoms with Crippen molar-refractivity contribution in [2.24, 2.45) is 10.9 Å². The van der Waals surface area contributed by atoms with E-state index < -0.39 is 6.04 Å². The monoisotopic (exact) mass is 231 g/mol. The van der Waals surface area contributed by atoms with Gasteiger partial charge in [0, 0.05) is 6.61 Å². The molecule has 0 bridgehead atoms. The number of carbonyl (C=O) groups excluding carboxylic acids is 1. The number of oxime groups is 1. The van der Waals surface area contributed by atoms with Gasteiger partial charge in [-0.05, 0) is 12.8 Å². The molecule has 0 aliphatic heterocycles. The summed E-state index contributed by atoms with van der Waals surface area (Å²) in [6.07, 6.45) is 2.33. The van der Waals surface area contributed by atoms with Gasteiger partial charge in [-0.15, -0.1) is 0 Å². The zero-order valence-electron chi connectivity index (χ0n) is 9.90. The highest BCUT2D eigenvalue weighted by Crippen LogP contribution is 1.97. The summed E-state index contributed by atoms with van der Waals surface area (Å²) in [5, 5.41) is 14.1. The van der Waals surface area contributed by atoms with Crippen LogP contribution in [0.2, 0.25) is 0 Å². The Labute approximate surface area is 95.8 Å². The lowest BCUT2D eigenvalue weighted by atomic mass is 10.1. The fourth-order valence-electron chi connectivity index (χ4n) is 1.20. The van der Waals surface area contributed by atoms with E-state index in [0.717, 1.165) is 12.8 Å². The van der Waals surface area contributed by atoms with E-state index in [1.807, 2.05) is 13.8 Å². The molecule has 0 rings (SSSR count). The number of amidine groups is 1. The van der Waals surface area contributed by atoms with E-state index in [1.165, 1.54) is 0 Å².